The number of carboxylic acids is 1. The zero-order chi connectivity index (χ0) is 11.5. The molecular weight excluding hydrogens is 208 g/mol. The Bertz CT molecular complexity index is 400. The molecule has 4 nitrogen and oxygen atoms in total. The maximum atomic E-state index is 11.2. The minimum absolute atomic E-state index is 0.493. The van der Waals surface area contributed by atoms with Crippen molar-refractivity contribution in [2.45, 2.75) is 18.8 Å². The molecule has 1 aliphatic rings. The summed E-state index contributed by atoms with van der Waals surface area (Å²) in [6.45, 7) is 0.539. The Kier molecular flexibility index (Phi) is 2.99. The van der Waals surface area contributed by atoms with Gasteiger partial charge in [-0.15, -0.1) is 0 Å². The molecule has 1 unspecified atom stereocenters. The zero-order valence-corrected chi connectivity index (χ0v) is 9.10. The van der Waals surface area contributed by atoms with E-state index in [9.17, 15) is 9.90 Å². The van der Waals surface area contributed by atoms with Crippen LogP contribution in [-0.4, -0.2) is 24.8 Å². The quantitative estimate of drug-likeness (QED) is 0.831. The van der Waals surface area contributed by atoms with Crippen molar-refractivity contribution in [1.29, 1.82) is 0 Å². The number of carboxylic acid groups (broad SMARTS) is 1. The number of benzene rings is 1. The lowest BCUT2D eigenvalue weighted by Gasteiger charge is -2.14. The predicted octanol–water partition coefficient (Wildman–Crippen LogP) is 2.04. The molecule has 0 fully saturated rings. The summed E-state index contributed by atoms with van der Waals surface area (Å²) < 4.78 is 10.7. The Labute approximate surface area is 93.8 Å². The summed E-state index contributed by atoms with van der Waals surface area (Å²) in [5.41, 5.74) is 0.712. The second-order valence-corrected chi connectivity index (χ2v) is 3.76. The molecular formula is C12H14O4. The molecule has 0 saturated heterocycles. The van der Waals surface area contributed by atoms with Crippen LogP contribution in [-0.2, 0) is 4.79 Å². The highest BCUT2D eigenvalue weighted by Gasteiger charge is 2.27. The van der Waals surface area contributed by atoms with E-state index in [-0.39, 0.29) is 0 Å². The lowest BCUT2D eigenvalue weighted by molar-refractivity contribution is -0.138. The van der Waals surface area contributed by atoms with E-state index in [2.05, 4.69) is 0 Å². The van der Waals surface area contributed by atoms with Crippen LogP contribution in [0, 0.1) is 0 Å². The molecule has 0 amide bonds. The molecule has 2 rings (SSSR count). The van der Waals surface area contributed by atoms with Crippen molar-refractivity contribution >= 4 is 5.97 Å². The molecule has 1 atom stereocenters. The van der Waals surface area contributed by atoms with E-state index in [0.717, 1.165) is 6.42 Å². The zero-order valence-electron chi connectivity index (χ0n) is 9.10. The first-order valence-corrected chi connectivity index (χ1v) is 5.26. The summed E-state index contributed by atoms with van der Waals surface area (Å²) in [4.78, 5) is 11.2. The van der Waals surface area contributed by atoms with Crippen LogP contribution in [0.1, 0.15) is 24.3 Å². The van der Waals surface area contributed by atoms with Crippen molar-refractivity contribution in [2.24, 2.45) is 0 Å². The maximum absolute atomic E-state index is 11.2. The third-order valence-electron chi connectivity index (χ3n) is 2.79. The van der Waals surface area contributed by atoms with Crippen LogP contribution < -0.4 is 9.47 Å². The van der Waals surface area contributed by atoms with Gasteiger partial charge < -0.3 is 14.6 Å². The molecule has 16 heavy (non-hydrogen) atoms. The van der Waals surface area contributed by atoms with Crippen molar-refractivity contribution in [3.8, 4) is 11.5 Å². The van der Waals surface area contributed by atoms with Crippen LogP contribution in [0.15, 0.2) is 18.2 Å². The molecule has 0 aliphatic carbocycles. The third-order valence-corrected chi connectivity index (χ3v) is 2.79. The largest absolute Gasteiger partial charge is 0.493 e. The summed E-state index contributed by atoms with van der Waals surface area (Å²) in [5, 5.41) is 9.18. The smallest absolute Gasteiger partial charge is 0.311 e. The second kappa shape index (κ2) is 4.43. The van der Waals surface area contributed by atoms with Crippen LogP contribution >= 0.6 is 0 Å². The van der Waals surface area contributed by atoms with E-state index in [0.29, 0.717) is 30.1 Å². The summed E-state index contributed by atoms with van der Waals surface area (Å²) >= 11 is 0. The van der Waals surface area contributed by atoms with Crippen molar-refractivity contribution < 1.29 is 19.4 Å². The molecule has 4 heteroatoms. The lowest BCUT2D eigenvalue weighted by atomic mass is 9.94. The number of fused-ring (bicyclic) bond motifs is 1. The van der Waals surface area contributed by atoms with E-state index in [1.165, 1.54) is 0 Å². The first-order chi connectivity index (χ1) is 7.74. The van der Waals surface area contributed by atoms with E-state index in [4.69, 9.17) is 9.47 Å². The molecule has 0 bridgehead atoms. The average Bonchev–Trinajstić information content (AvgIpc) is 2.50. The van der Waals surface area contributed by atoms with Crippen LogP contribution in [0.5, 0.6) is 11.5 Å². The minimum atomic E-state index is -0.806. The van der Waals surface area contributed by atoms with Crippen LogP contribution in [0.3, 0.4) is 0 Å². The number of carbonyl (C=O) groups is 1. The monoisotopic (exact) mass is 222 g/mol. The van der Waals surface area contributed by atoms with Gasteiger partial charge in [0.25, 0.3) is 0 Å². The highest BCUT2D eigenvalue weighted by molar-refractivity contribution is 5.78. The predicted molar refractivity (Wildman–Crippen MR) is 58.1 cm³/mol. The van der Waals surface area contributed by atoms with Gasteiger partial charge in [0.2, 0.25) is 0 Å². The van der Waals surface area contributed by atoms with E-state index in [1.54, 1.807) is 25.3 Å². The Hall–Kier alpha value is -1.71. The van der Waals surface area contributed by atoms with E-state index >= 15 is 0 Å². The molecule has 0 radical (unpaired) electrons. The first kappa shape index (κ1) is 10.8. The van der Waals surface area contributed by atoms with Crippen LogP contribution in [0.25, 0.3) is 0 Å². The fourth-order valence-electron chi connectivity index (χ4n) is 2.00. The minimum Gasteiger partial charge on any atom is -0.493 e. The van der Waals surface area contributed by atoms with Gasteiger partial charge in [-0.3, -0.25) is 4.79 Å². The molecule has 86 valence electrons. The Morgan fingerprint density at radius 2 is 2.38 bits per heavy atom. The average molecular weight is 222 g/mol. The fourth-order valence-corrected chi connectivity index (χ4v) is 2.00. The van der Waals surface area contributed by atoms with Gasteiger partial charge in [-0.2, -0.15) is 0 Å². The number of hydrogen-bond donors (Lipinski definition) is 1. The van der Waals surface area contributed by atoms with Gasteiger partial charge in [0, 0.05) is 5.56 Å². The standard InChI is InChI=1S/C12H14O4/c1-15-10-6-2-4-8-9(12(13)14)5-3-7-16-11(8)10/h2,4,6,9H,3,5,7H2,1H3,(H,13,14). The third kappa shape index (κ3) is 1.83. The summed E-state index contributed by atoms with van der Waals surface area (Å²) in [6.07, 6.45) is 1.35. The molecule has 1 aromatic carbocycles. The van der Waals surface area contributed by atoms with Crippen molar-refractivity contribution in [2.75, 3.05) is 13.7 Å². The maximum Gasteiger partial charge on any atom is 0.311 e. The van der Waals surface area contributed by atoms with Gasteiger partial charge in [0.05, 0.1) is 19.6 Å². The summed E-state index contributed by atoms with van der Waals surface area (Å²) in [6, 6.07) is 5.37. The first-order valence-electron chi connectivity index (χ1n) is 5.26. The molecule has 0 aromatic heterocycles. The molecule has 1 aliphatic heterocycles. The number of rotatable bonds is 2. The van der Waals surface area contributed by atoms with Crippen molar-refractivity contribution in [1.82, 2.24) is 0 Å². The number of methoxy groups -OCH3 is 1. The highest BCUT2D eigenvalue weighted by atomic mass is 16.5. The van der Waals surface area contributed by atoms with Gasteiger partial charge in [0.1, 0.15) is 0 Å². The molecule has 0 spiro atoms. The van der Waals surface area contributed by atoms with Gasteiger partial charge in [-0.1, -0.05) is 12.1 Å². The SMILES string of the molecule is COc1cccc2c1OCCCC2C(=O)O. The molecule has 1 aromatic rings. The molecule has 0 saturated carbocycles. The summed E-state index contributed by atoms with van der Waals surface area (Å²) in [5.74, 6) is -0.117. The van der Waals surface area contributed by atoms with Gasteiger partial charge in [-0.05, 0) is 18.9 Å². The van der Waals surface area contributed by atoms with Crippen LogP contribution in [0.4, 0.5) is 0 Å². The van der Waals surface area contributed by atoms with E-state index < -0.39 is 11.9 Å². The topological polar surface area (TPSA) is 55.8 Å². The van der Waals surface area contributed by atoms with Crippen LogP contribution in [0.2, 0.25) is 0 Å². The molecule has 1 heterocycles. The van der Waals surface area contributed by atoms with Crippen molar-refractivity contribution in [3.63, 3.8) is 0 Å². The molecule has 1 N–H and O–H groups in total. The Balaban J connectivity index is 2.49. The lowest BCUT2D eigenvalue weighted by Crippen LogP contribution is -2.11. The number of ether oxygens (including phenoxy) is 2. The highest BCUT2D eigenvalue weighted by Crippen LogP contribution is 2.39. The normalized spacial score (nSPS) is 19.2. The van der Waals surface area contributed by atoms with Gasteiger partial charge in [-0.25, -0.2) is 0 Å². The second-order valence-electron chi connectivity index (χ2n) is 3.76. The Morgan fingerprint density at radius 1 is 1.56 bits per heavy atom. The number of hydrogen-bond acceptors (Lipinski definition) is 3. The fraction of sp³-hybridized carbons (Fsp3) is 0.417. The summed E-state index contributed by atoms with van der Waals surface area (Å²) in [7, 11) is 1.56. The number of para-hydroxylation sites is 1. The van der Waals surface area contributed by atoms with Gasteiger partial charge in [0.15, 0.2) is 11.5 Å². The van der Waals surface area contributed by atoms with Crippen molar-refractivity contribution in [3.05, 3.63) is 23.8 Å². The van der Waals surface area contributed by atoms with E-state index in [1.807, 2.05) is 0 Å². The van der Waals surface area contributed by atoms with Gasteiger partial charge >= 0.3 is 5.97 Å². The Morgan fingerprint density at radius 3 is 3.06 bits per heavy atom. The number of aliphatic carboxylic acids is 1.